The smallest absolute Gasteiger partial charge is 0.101 e. The largest absolute Gasteiger partial charge is 0.393 e. The Morgan fingerprint density at radius 2 is 1.88 bits per heavy atom. The molecule has 0 spiro atoms. The molecule has 25 heavy (non-hydrogen) atoms. The second-order valence-corrected chi connectivity index (χ2v) is 7.00. The number of rotatable bonds is 3. The Morgan fingerprint density at radius 1 is 1.08 bits per heavy atom. The lowest BCUT2D eigenvalue weighted by molar-refractivity contribution is 0.145. The summed E-state index contributed by atoms with van der Waals surface area (Å²) in [6.07, 6.45) is 3.53. The molecule has 0 amide bonds. The van der Waals surface area contributed by atoms with Crippen LogP contribution in [-0.2, 0) is 6.42 Å². The van der Waals surface area contributed by atoms with E-state index in [9.17, 15) is 10.4 Å². The predicted molar refractivity (Wildman–Crippen MR) is 99.7 cm³/mol. The van der Waals surface area contributed by atoms with Crippen molar-refractivity contribution in [2.45, 2.75) is 37.8 Å². The maximum Gasteiger partial charge on any atom is 0.101 e. The van der Waals surface area contributed by atoms with Crippen molar-refractivity contribution in [2.75, 3.05) is 23.3 Å². The Balaban J connectivity index is 1.53. The number of aliphatic hydroxyl groups is 1. The van der Waals surface area contributed by atoms with Gasteiger partial charge in [0.15, 0.2) is 0 Å². The quantitative estimate of drug-likeness (QED) is 0.901. The average molecular weight is 333 g/mol. The number of benzene rings is 2. The number of hydrogen-bond acceptors (Lipinski definition) is 4. The van der Waals surface area contributed by atoms with E-state index in [-0.39, 0.29) is 6.10 Å². The van der Waals surface area contributed by atoms with Crippen molar-refractivity contribution in [1.82, 2.24) is 0 Å². The SMILES string of the molecule is N#Cc1cc(NC2CCc3ccccc32)ccc1N1CCC(O)CC1. The van der Waals surface area contributed by atoms with E-state index in [1.165, 1.54) is 11.1 Å². The van der Waals surface area contributed by atoms with Crippen molar-refractivity contribution in [1.29, 1.82) is 5.26 Å². The van der Waals surface area contributed by atoms with Gasteiger partial charge in [0.25, 0.3) is 0 Å². The first-order chi connectivity index (χ1) is 12.2. The first-order valence-electron chi connectivity index (χ1n) is 9.06. The third-order valence-electron chi connectivity index (χ3n) is 5.40. The Bertz CT molecular complexity index is 803. The van der Waals surface area contributed by atoms with Crippen molar-refractivity contribution in [3.8, 4) is 6.07 Å². The van der Waals surface area contributed by atoms with Gasteiger partial charge in [0, 0.05) is 18.8 Å². The number of fused-ring (bicyclic) bond motifs is 1. The second-order valence-electron chi connectivity index (χ2n) is 7.00. The van der Waals surface area contributed by atoms with Crippen LogP contribution < -0.4 is 10.2 Å². The molecule has 0 aromatic heterocycles. The third-order valence-corrected chi connectivity index (χ3v) is 5.40. The van der Waals surface area contributed by atoms with Crippen molar-refractivity contribution < 1.29 is 5.11 Å². The zero-order valence-electron chi connectivity index (χ0n) is 14.3. The summed E-state index contributed by atoms with van der Waals surface area (Å²) in [7, 11) is 0. The van der Waals surface area contributed by atoms with Crippen LogP contribution in [0, 0.1) is 11.3 Å². The number of aryl methyl sites for hydroxylation is 1. The highest BCUT2D eigenvalue weighted by Crippen LogP contribution is 2.35. The Hall–Kier alpha value is -2.51. The minimum absolute atomic E-state index is 0.204. The molecular weight excluding hydrogens is 310 g/mol. The van der Waals surface area contributed by atoms with Crippen molar-refractivity contribution in [3.05, 3.63) is 59.2 Å². The molecule has 2 aliphatic rings. The van der Waals surface area contributed by atoms with E-state index >= 15 is 0 Å². The lowest BCUT2D eigenvalue weighted by Gasteiger charge is -2.32. The van der Waals surface area contributed by atoms with Crippen LogP contribution in [0.5, 0.6) is 0 Å². The van der Waals surface area contributed by atoms with E-state index in [2.05, 4.69) is 46.6 Å². The van der Waals surface area contributed by atoms with Crippen LogP contribution in [0.2, 0.25) is 0 Å². The summed E-state index contributed by atoms with van der Waals surface area (Å²) < 4.78 is 0. The summed E-state index contributed by atoms with van der Waals surface area (Å²) in [5.41, 5.74) is 5.47. The predicted octanol–water partition coefficient (Wildman–Crippen LogP) is 3.62. The first-order valence-corrected chi connectivity index (χ1v) is 9.06. The van der Waals surface area contributed by atoms with Gasteiger partial charge < -0.3 is 15.3 Å². The van der Waals surface area contributed by atoms with Gasteiger partial charge in [0.1, 0.15) is 6.07 Å². The zero-order chi connectivity index (χ0) is 17.2. The molecule has 0 bridgehead atoms. The molecule has 1 aliphatic heterocycles. The number of nitrogens with zero attached hydrogens (tertiary/aromatic N) is 2. The third kappa shape index (κ3) is 3.20. The monoisotopic (exact) mass is 333 g/mol. The molecule has 2 N–H and O–H groups in total. The van der Waals surface area contributed by atoms with Crippen LogP contribution >= 0.6 is 0 Å². The number of piperidine rings is 1. The number of nitrogens with one attached hydrogen (secondary N) is 1. The van der Waals surface area contributed by atoms with E-state index in [0.29, 0.717) is 11.6 Å². The molecule has 0 radical (unpaired) electrons. The minimum atomic E-state index is -0.204. The maximum atomic E-state index is 9.68. The van der Waals surface area contributed by atoms with Crippen LogP contribution in [0.3, 0.4) is 0 Å². The van der Waals surface area contributed by atoms with Gasteiger partial charge in [-0.1, -0.05) is 24.3 Å². The average Bonchev–Trinajstić information content (AvgIpc) is 3.05. The van der Waals surface area contributed by atoms with Crippen LogP contribution in [0.15, 0.2) is 42.5 Å². The number of nitriles is 1. The van der Waals surface area contributed by atoms with E-state index in [0.717, 1.165) is 50.1 Å². The highest BCUT2D eigenvalue weighted by Gasteiger charge is 2.23. The fourth-order valence-corrected chi connectivity index (χ4v) is 4.01. The second kappa shape index (κ2) is 6.78. The lowest BCUT2D eigenvalue weighted by atomic mass is 10.0. The van der Waals surface area contributed by atoms with Crippen LogP contribution in [0.4, 0.5) is 11.4 Å². The molecular formula is C21H23N3O. The molecule has 0 saturated carbocycles. The summed E-state index contributed by atoms with van der Waals surface area (Å²) in [6, 6.07) is 17.3. The molecule has 1 unspecified atom stereocenters. The number of aliphatic hydroxyl groups excluding tert-OH is 1. The van der Waals surface area contributed by atoms with E-state index in [4.69, 9.17) is 0 Å². The molecule has 4 nitrogen and oxygen atoms in total. The standard InChI is InChI=1S/C21H23N3O/c22-14-16-13-17(6-8-21(16)24-11-9-18(25)10-12-24)23-20-7-5-15-3-1-2-4-19(15)20/h1-4,6,8,13,18,20,23,25H,5,7,9-12H2. The van der Waals surface area contributed by atoms with Gasteiger partial charge in [0.2, 0.25) is 0 Å². The van der Waals surface area contributed by atoms with Crippen molar-refractivity contribution >= 4 is 11.4 Å². The first kappa shape index (κ1) is 16.0. The van der Waals surface area contributed by atoms with Gasteiger partial charge in [-0.3, -0.25) is 0 Å². The van der Waals surface area contributed by atoms with E-state index in [1.807, 2.05) is 12.1 Å². The van der Waals surface area contributed by atoms with E-state index in [1.54, 1.807) is 0 Å². The van der Waals surface area contributed by atoms with E-state index < -0.39 is 0 Å². The molecule has 1 atom stereocenters. The van der Waals surface area contributed by atoms with Gasteiger partial charge in [-0.2, -0.15) is 5.26 Å². The van der Waals surface area contributed by atoms with Gasteiger partial charge in [-0.25, -0.2) is 0 Å². The molecule has 4 rings (SSSR count). The Labute approximate surface area is 148 Å². The Morgan fingerprint density at radius 3 is 2.68 bits per heavy atom. The zero-order valence-corrected chi connectivity index (χ0v) is 14.3. The van der Waals surface area contributed by atoms with Crippen LogP contribution in [-0.4, -0.2) is 24.3 Å². The molecule has 2 aromatic carbocycles. The summed E-state index contributed by atoms with van der Waals surface area (Å²) in [6.45, 7) is 1.61. The van der Waals surface area contributed by atoms with Gasteiger partial charge in [-0.15, -0.1) is 0 Å². The number of hydrogen-bond donors (Lipinski definition) is 2. The molecule has 1 heterocycles. The van der Waals surface area contributed by atoms with Crippen molar-refractivity contribution in [2.24, 2.45) is 0 Å². The maximum absolute atomic E-state index is 9.68. The summed E-state index contributed by atoms with van der Waals surface area (Å²) >= 11 is 0. The van der Waals surface area contributed by atoms with Gasteiger partial charge >= 0.3 is 0 Å². The fourth-order valence-electron chi connectivity index (χ4n) is 4.01. The van der Waals surface area contributed by atoms with Gasteiger partial charge in [0.05, 0.1) is 23.4 Å². The van der Waals surface area contributed by atoms with Crippen molar-refractivity contribution in [3.63, 3.8) is 0 Å². The normalized spacial score (nSPS) is 20.2. The van der Waals surface area contributed by atoms with Crippen LogP contribution in [0.25, 0.3) is 0 Å². The summed E-state index contributed by atoms with van der Waals surface area (Å²) in [5, 5.41) is 22.9. The molecule has 128 valence electrons. The molecule has 2 aromatic rings. The Kier molecular flexibility index (Phi) is 4.33. The fraction of sp³-hybridized carbons (Fsp3) is 0.381. The van der Waals surface area contributed by atoms with Crippen LogP contribution in [0.1, 0.15) is 42.0 Å². The number of anilines is 2. The highest BCUT2D eigenvalue weighted by molar-refractivity contribution is 5.66. The molecule has 1 aliphatic carbocycles. The molecule has 1 saturated heterocycles. The van der Waals surface area contributed by atoms with Gasteiger partial charge in [-0.05, 0) is 55.0 Å². The minimum Gasteiger partial charge on any atom is -0.393 e. The molecule has 4 heteroatoms. The highest BCUT2D eigenvalue weighted by atomic mass is 16.3. The lowest BCUT2D eigenvalue weighted by Crippen LogP contribution is -2.36. The summed E-state index contributed by atoms with van der Waals surface area (Å²) in [4.78, 5) is 2.21. The topological polar surface area (TPSA) is 59.3 Å². The summed E-state index contributed by atoms with van der Waals surface area (Å²) in [5.74, 6) is 0. The molecule has 1 fully saturated rings.